The maximum absolute atomic E-state index is 13.7. The van der Waals surface area contributed by atoms with E-state index in [1.807, 2.05) is 30.3 Å². The van der Waals surface area contributed by atoms with Crippen LogP contribution in [-0.4, -0.2) is 62.7 Å². The van der Waals surface area contributed by atoms with Crippen LogP contribution in [0.4, 0.5) is 4.79 Å². The van der Waals surface area contributed by atoms with Crippen LogP contribution in [0.15, 0.2) is 54.6 Å². The summed E-state index contributed by atoms with van der Waals surface area (Å²) >= 11 is 0. The summed E-state index contributed by atoms with van der Waals surface area (Å²) in [6.07, 6.45) is -0.519. The van der Waals surface area contributed by atoms with Gasteiger partial charge >= 0.3 is 12.1 Å². The first-order valence-corrected chi connectivity index (χ1v) is 10.8. The molecule has 0 bridgehead atoms. The van der Waals surface area contributed by atoms with Gasteiger partial charge in [0.1, 0.15) is 23.9 Å². The maximum Gasteiger partial charge on any atom is 0.410 e. The Labute approximate surface area is 194 Å². The van der Waals surface area contributed by atoms with Crippen LogP contribution in [0.2, 0.25) is 0 Å². The third-order valence-corrected chi connectivity index (χ3v) is 4.85. The number of likely N-dealkylation sites (N-methyl/N-ethyl adjacent to an activating group) is 1. The van der Waals surface area contributed by atoms with Crippen LogP contribution >= 0.6 is 0 Å². The van der Waals surface area contributed by atoms with Gasteiger partial charge < -0.3 is 19.8 Å². The molecule has 0 aliphatic rings. The first-order valence-electron chi connectivity index (χ1n) is 10.8. The third kappa shape index (κ3) is 8.14. The molecule has 0 saturated heterocycles. The molecule has 0 aromatic heterocycles. The average Bonchev–Trinajstić information content (AvgIpc) is 2.73. The summed E-state index contributed by atoms with van der Waals surface area (Å²) in [6, 6.07) is 14.4. The van der Waals surface area contributed by atoms with Crippen molar-refractivity contribution in [2.24, 2.45) is 0 Å². The SMILES string of the molecule is CCN(C(=O)OC(C)(C)C)[C@H](Cc1ccc(O)cc1)C(=O)N(CC(=O)O)Cc1ccccc1. The third-order valence-electron chi connectivity index (χ3n) is 4.85. The molecule has 1 atom stereocenters. The normalized spacial score (nSPS) is 12.0. The summed E-state index contributed by atoms with van der Waals surface area (Å²) in [6.45, 7) is 6.72. The number of hydrogen-bond donors (Lipinski definition) is 2. The Morgan fingerprint density at radius 3 is 2.09 bits per heavy atom. The molecule has 0 unspecified atom stereocenters. The molecule has 2 N–H and O–H groups in total. The lowest BCUT2D eigenvalue weighted by Crippen LogP contribution is -2.53. The van der Waals surface area contributed by atoms with Crippen molar-refractivity contribution in [2.45, 2.75) is 52.3 Å². The molecule has 2 amide bonds. The number of benzene rings is 2. The van der Waals surface area contributed by atoms with Gasteiger partial charge in [-0.1, -0.05) is 42.5 Å². The van der Waals surface area contributed by atoms with E-state index in [9.17, 15) is 24.6 Å². The van der Waals surface area contributed by atoms with Gasteiger partial charge in [0, 0.05) is 19.5 Å². The molecular weight excluding hydrogens is 424 g/mol. The van der Waals surface area contributed by atoms with E-state index >= 15 is 0 Å². The lowest BCUT2D eigenvalue weighted by molar-refractivity contribution is -0.147. The number of carboxylic acid groups (broad SMARTS) is 1. The quantitative estimate of drug-likeness (QED) is 0.596. The van der Waals surface area contributed by atoms with Gasteiger partial charge in [-0.25, -0.2) is 4.79 Å². The van der Waals surface area contributed by atoms with E-state index < -0.39 is 36.2 Å². The van der Waals surface area contributed by atoms with E-state index in [2.05, 4.69) is 0 Å². The van der Waals surface area contributed by atoms with Gasteiger partial charge in [0.05, 0.1) is 0 Å². The first-order chi connectivity index (χ1) is 15.5. The van der Waals surface area contributed by atoms with Crippen molar-refractivity contribution in [3.8, 4) is 5.75 Å². The number of carboxylic acids is 1. The number of ether oxygens (including phenoxy) is 1. The fourth-order valence-corrected chi connectivity index (χ4v) is 3.37. The van der Waals surface area contributed by atoms with E-state index in [4.69, 9.17) is 4.74 Å². The summed E-state index contributed by atoms with van der Waals surface area (Å²) in [4.78, 5) is 40.8. The van der Waals surface area contributed by atoms with Crippen LogP contribution in [0.1, 0.15) is 38.8 Å². The molecule has 0 radical (unpaired) electrons. The molecule has 0 saturated carbocycles. The maximum atomic E-state index is 13.7. The Balaban J connectivity index is 2.42. The van der Waals surface area contributed by atoms with E-state index in [1.165, 1.54) is 21.9 Å². The highest BCUT2D eigenvalue weighted by Crippen LogP contribution is 2.19. The van der Waals surface area contributed by atoms with Crippen molar-refractivity contribution in [1.82, 2.24) is 9.80 Å². The molecule has 0 heterocycles. The summed E-state index contributed by atoms with van der Waals surface area (Å²) in [5.41, 5.74) is 0.723. The van der Waals surface area contributed by atoms with Gasteiger partial charge in [0.2, 0.25) is 5.91 Å². The number of carbonyl (C=O) groups is 3. The van der Waals surface area contributed by atoms with Gasteiger partial charge in [-0.15, -0.1) is 0 Å². The summed E-state index contributed by atoms with van der Waals surface area (Å²) < 4.78 is 5.52. The Morgan fingerprint density at radius 1 is 0.970 bits per heavy atom. The minimum atomic E-state index is -1.15. The van der Waals surface area contributed by atoms with Gasteiger partial charge in [0.15, 0.2) is 0 Å². The summed E-state index contributed by atoms with van der Waals surface area (Å²) in [7, 11) is 0. The minimum absolute atomic E-state index is 0.0812. The van der Waals surface area contributed by atoms with Crippen LogP contribution in [0.3, 0.4) is 0 Å². The second-order valence-electron chi connectivity index (χ2n) is 8.73. The Hall–Kier alpha value is -3.55. The van der Waals surface area contributed by atoms with Crippen molar-refractivity contribution in [3.05, 3.63) is 65.7 Å². The molecule has 0 aliphatic heterocycles. The lowest BCUT2D eigenvalue weighted by atomic mass is 10.0. The lowest BCUT2D eigenvalue weighted by Gasteiger charge is -2.35. The van der Waals surface area contributed by atoms with E-state index in [0.29, 0.717) is 5.56 Å². The molecule has 8 nitrogen and oxygen atoms in total. The molecule has 8 heteroatoms. The molecule has 33 heavy (non-hydrogen) atoms. The van der Waals surface area contributed by atoms with Gasteiger partial charge in [-0.3, -0.25) is 14.5 Å². The second kappa shape index (κ2) is 11.4. The number of carbonyl (C=O) groups excluding carboxylic acids is 2. The van der Waals surface area contributed by atoms with Crippen LogP contribution in [0.5, 0.6) is 5.75 Å². The standard InChI is InChI=1S/C25H32N2O6/c1-5-27(24(32)33-25(2,3)4)21(15-18-11-13-20(28)14-12-18)23(31)26(17-22(29)30)16-19-9-7-6-8-10-19/h6-14,21,28H,5,15-17H2,1-4H3,(H,29,30)/t21-/m1/s1. The largest absolute Gasteiger partial charge is 0.508 e. The number of amides is 2. The fraction of sp³-hybridized carbons (Fsp3) is 0.400. The first kappa shape index (κ1) is 25.7. The minimum Gasteiger partial charge on any atom is -0.508 e. The molecule has 0 fully saturated rings. The Kier molecular flexibility index (Phi) is 8.85. The summed E-state index contributed by atoms with van der Waals surface area (Å²) in [5, 5.41) is 19.0. The smallest absolute Gasteiger partial charge is 0.410 e. The predicted molar refractivity (Wildman–Crippen MR) is 124 cm³/mol. The number of hydrogen-bond acceptors (Lipinski definition) is 5. The number of nitrogens with zero attached hydrogens (tertiary/aromatic N) is 2. The number of rotatable bonds is 9. The van der Waals surface area contributed by atoms with Crippen LogP contribution < -0.4 is 0 Å². The number of phenols is 1. The van der Waals surface area contributed by atoms with Crippen molar-refractivity contribution in [1.29, 1.82) is 0 Å². The Bertz CT molecular complexity index is 938. The average molecular weight is 457 g/mol. The highest BCUT2D eigenvalue weighted by atomic mass is 16.6. The van der Waals surface area contributed by atoms with Crippen LogP contribution in [-0.2, 0) is 27.3 Å². The van der Waals surface area contributed by atoms with E-state index in [-0.39, 0.29) is 25.3 Å². The molecule has 0 spiro atoms. The number of aromatic hydroxyl groups is 1. The zero-order valence-corrected chi connectivity index (χ0v) is 19.5. The fourth-order valence-electron chi connectivity index (χ4n) is 3.37. The zero-order valence-electron chi connectivity index (χ0n) is 19.5. The van der Waals surface area contributed by atoms with Crippen molar-refractivity contribution < 1.29 is 29.3 Å². The summed E-state index contributed by atoms with van der Waals surface area (Å²) in [5.74, 6) is -1.57. The predicted octanol–water partition coefficient (Wildman–Crippen LogP) is 3.67. The van der Waals surface area contributed by atoms with Crippen molar-refractivity contribution in [3.63, 3.8) is 0 Å². The highest BCUT2D eigenvalue weighted by Gasteiger charge is 2.35. The number of phenolic OH excluding ortho intramolecular Hbond substituents is 1. The van der Waals surface area contributed by atoms with Crippen LogP contribution in [0.25, 0.3) is 0 Å². The molecule has 0 aliphatic carbocycles. The second-order valence-corrected chi connectivity index (χ2v) is 8.73. The molecule has 2 aromatic rings. The van der Waals surface area contributed by atoms with E-state index in [0.717, 1.165) is 5.56 Å². The monoisotopic (exact) mass is 456 g/mol. The molecule has 2 aromatic carbocycles. The van der Waals surface area contributed by atoms with Crippen molar-refractivity contribution >= 4 is 18.0 Å². The van der Waals surface area contributed by atoms with E-state index in [1.54, 1.807) is 39.8 Å². The topological polar surface area (TPSA) is 107 Å². The van der Waals surface area contributed by atoms with Crippen LogP contribution in [0, 0.1) is 0 Å². The molecule has 178 valence electrons. The number of aliphatic carboxylic acids is 1. The zero-order chi connectivity index (χ0) is 24.6. The Morgan fingerprint density at radius 2 is 1.58 bits per heavy atom. The van der Waals surface area contributed by atoms with Gasteiger partial charge in [-0.05, 0) is 51.0 Å². The molecule has 2 rings (SSSR count). The molecular formula is C25H32N2O6. The highest BCUT2D eigenvalue weighted by molar-refractivity contribution is 5.88. The van der Waals surface area contributed by atoms with Gasteiger partial charge in [0.25, 0.3) is 0 Å². The van der Waals surface area contributed by atoms with Crippen molar-refractivity contribution in [2.75, 3.05) is 13.1 Å². The van der Waals surface area contributed by atoms with Gasteiger partial charge in [-0.2, -0.15) is 0 Å².